The zero-order valence-corrected chi connectivity index (χ0v) is 6.75. The number of hydrogen-bond donors (Lipinski definition) is 1. The molecule has 0 fully saturated rings. The van der Waals surface area contributed by atoms with Gasteiger partial charge in [0.15, 0.2) is 0 Å². The molecule has 0 spiro atoms. The maximum absolute atomic E-state index is 5.76. The minimum absolute atomic E-state index is 0.226. The van der Waals surface area contributed by atoms with Gasteiger partial charge in [-0.3, -0.25) is 0 Å². The lowest BCUT2D eigenvalue weighted by Gasteiger charge is -2.06. The third-order valence-electron chi connectivity index (χ3n) is 1.40. The first-order valence-electron chi connectivity index (χ1n) is 3.24. The topological polar surface area (TPSA) is 38.9 Å². The highest BCUT2D eigenvalue weighted by molar-refractivity contribution is 6.30. The highest BCUT2D eigenvalue weighted by atomic mass is 35.5. The number of nitrogens with two attached hydrogens (primary N) is 1. The van der Waals surface area contributed by atoms with Crippen LogP contribution in [0.2, 0.25) is 5.15 Å². The SMILES string of the molecule is C=C[C@@H](N)c1cccnc1Cl. The Hall–Kier alpha value is -0.860. The summed E-state index contributed by atoms with van der Waals surface area (Å²) in [7, 11) is 0. The van der Waals surface area contributed by atoms with Gasteiger partial charge < -0.3 is 5.73 Å². The first kappa shape index (κ1) is 8.24. The van der Waals surface area contributed by atoms with Gasteiger partial charge in [0.25, 0.3) is 0 Å². The van der Waals surface area contributed by atoms with Gasteiger partial charge in [-0.05, 0) is 6.07 Å². The van der Waals surface area contributed by atoms with Crippen molar-refractivity contribution in [2.45, 2.75) is 6.04 Å². The van der Waals surface area contributed by atoms with E-state index in [9.17, 15) is 0 Å². The van der Waals surface area contributed by atoms with E-state index in [1.165, 1.54) is 0 Å². The molecule has 0 bridgehead atoms. The molecule has 1 atom stereocenters. The summed E-state index contributed by atoms with van der Waals surface area (Å²) < 4.78 is 0. The predicted molar refractivity (Wildman–Crippen MR) is 46.4 cm³/mol. The largest absolute Gasteiger partial charge is 0.321 e. The summed E-state index contributed by atoms with van der Waals surface area (Å²) in [6.45, 7) is 3.57. The molecule has 3 heteroatoms. The van der Waals surface area contributed by atoms with Gasteiger partial charge in [0.05, 0.1) is 6.04 Å². The quantitative estimate of drug-likeness (QED) is 0.541. The van der Waals surface area contributed by atoms with Crippen molar-refractivity contribution in [2.75, 3.05) is 0 Å². The fourth-order valence-corrected chi connectivity index (χ4v) is 1.02. The minimum Gasteiger partial charge on any atom is -0.321 e. The Balaban J connectivity index is 3.02. The van der Waals surface area contributed by atoms with Crippen LogP contribution in [-0.4, -0.2) is 4.98 Å². The first-order valence-corrected chi connectivity index (χ1v) is 3.62. The van der Waals surface area contributed by atoms with Gasteiger partial charge in [-0.15, -0.1) is 6.58 Å². The van der Waals surface area contributed by atoms with Gasteiger partial charge in [0.2, 0.25) is 0 Å². The second-order valence-corrected chi connectivity index (χ2v) is 2.50. The first-order chi connectivity index (χ1) is 5.25. The molecule has 2 nitrogen and oxygen atoms in total. The van der Waals surface area contributed by atoms with Crippen LogP contribution in [0.4, 0.5) is 0 Å². The maximum atomic E-state index is 5.76. The Labute approximate surface area is 70.7 Å². The summed E-state index contributed by atoms with van der Waals surface area (Å²) in [5.74, 6) is 0. The summed E-state index contributed by atoms with van der Waals surface area (Å²) in [5, 5.41) is 0.444. The van der Waals surface area contributed by atoms with E-state index in [0.29, 0.717) is 5.15 Å². The van der Waals surface area contributed by atoms with E-state index in [2.05, 4.69) is 11.6 Å². The van der Waals surface area contributed by atoms with Crippen molar-refractivity contribution in [1.82, 2.24) is 4.98 Å². The van der Waals surface area contributed by atoms with E-state index < -0.39 is 0 Å². The van der Waals surface area contributed by atoms with Gasteiger partial charge in [0.1, 0.15) is 5.15 Å². The normalized spacial score (nSPS) is 12.5. The molecule has 0 radical (unpaired) electrons. The summed E-state index contributed by atoms with van der Waals surface area (Å²) in [6.07, 6.45) is 3.25. The number of rotatable bonds is 2. The summed E-state index contributed by atoms with van der Waals surface area (Å²) in [5.41, 5.74) is 6.46. The number of hydrogen-bond acceptors (Lipinski definition) is 2. The van der Waals surface area contributed by atoms with Gasteiger partial charge in [0, 0.05) is 11.8 Å². The van der Waals surface area contributed by atoms with Gasteiger partial charge >= 0.3 is 0 Å². The average molecular weight is 169 g/mol. The number of nitrogens with zero attached hydrogens (tertiary/aromatic N) is 1. The van der Waals surface area contributed by atoms with Crippen molar-refractivity contribution in [1.29, 1.82) is 0 Å². The van der Waals surface area contributed by atoms with E-state index in [1.54, 1.807) is 18.3 Å². The van der Waals surface area contributed by atoms with Crippen molar-refractivity contribution in [3.05, 3.63) is 41.7 Å². The molecule has 1 aromatic rings. The van der Waals surface area contributed by atoms with Crippen LogP contribution < -0.4 is 5.73 Å². The highest BCUT2D eigenvalue weighted by Crippen LogP contribution is 2.18. The lowest BCUT2D eigenvalue weighted by molar-refractivity contribution is 0.904. The molecule has 0 aliphatic heterocycles. The summed E-state index contributed by atoms with van der Waals surface area (Å²) in [6, 6.07) is 3.41. The second kappa shape index (κ2) is 3.51. The molecule has 11 heavy (non-hydrogen) atoms. The third-order valence-corrected chi connectivity index (χ3v) is 1.72. The lowest BCUT2D eigenvalue weighted by Crippen LogP contribution is -2.07. The predicted octanol–water partition coefficient (Wildman–Crippen LogP) is 1.92. The fraction of sp³-hybridized carbons (Fsp3) is 0.125. The van der Waals surface area contributed by atoms with Crippen molar-refractivity contribution in [3.63, 3.8) is 0 Å². The van der Waals surface area contributed by atoms with Crippen LogP contribution in [0.15, 0.2) is 31.0 Å². The standard InChI is InChI=1S/C8H9ClN2/c1-2-7(10)6-4-3-5-11-8(6)9/h2-5,7H,1,10H2/t7-/m1/s1. The molecule has 0 saturated heterocycles. The summed E-state index contributed by atoms with van der Waals surface area (Å²) in [4.78, 5) is 3.89. The van der Waals surface area contributed by atoms with Gasteiger partial charge in [-0.25, -0.2) is 4.98 Å². The molecule has 0 saturated carbocycles. The van der Waals surface area contributed by atoms with Gasteiger partial charge in [-0.1, -0.05) is 23.7 Å². The number of halogens is 1. The van der Waals surface area contributed by atoms with Gasteiger partial charge in [-0.2, -0.15) is 0 Å². The van der Waals surface area contributed by atoms with Crippen molar-refractivity contribution < 1.29 is 0 Å². The lowest BCUT2D eigenvalue weighted by atomic mass is 10.1. The van der Waals surface area contributed by atoms with E-state index >= 15 is 0 Å². The van der Waals surface area contributed by atoms with E-state index in [1.807, 2.05) is 6.07 Å². The highest BCUT2D eigenvalue weighted by Gasteiger charge is 2.05. The number of aromatic nitrogens is 1. The van der Waals surface area contributed by atoms with E-state index in [-0.39, 0.29) is 6.04 Å². The van der Waals surface area contributed by atoms with Crippen LogP contribution in [0.3, 0.4) is 0 Å². The monoisotopic (exact) mass is 168 g/mol. The Morgan fingerprint density at radius 3 is 3.00 bits per heavy atom. The van der Waals surface area contributed by atoms with Crippen molar-refractivity contribution in [3.8, 4) is 0 Å². The Morgan fingerprint density at radius 1 is 1.73 bits per heavy atom. The van der Waals surface area contributed by atoms with E-state index in [4.69, 9.17) is 17.3 Å². The minimum atomic E-state index is -0.226. The molecule has 1 heterocycles. The van der Waals surface area contributed by atoms with Crippen LogP contribution in [0.25, 0.3) is 0 Å². The molecule has 2 N–H and O–H groups in total. The smallest absolute Gasteiger partial charge is 0.134 e. The molecule has 0 aliphatic rings. The van der Waals surface area contributed by atoms with Crippen molar-refractivity contribution in [2.24, 2.45) is 5.73 Å². The summed E-state index contributed by atoms with van der Waals surface area (Å²) >= 11 is 5.76. The molecule has 0 aromatic carbocycles. The van der Waals surface area contributed by atoms with Crippen molar-refractivity contribution >= 4 is 11.6 Å². The molecule has 0 amide bonds. The molecule has 0 unspecified atom stereocenters. The zero-order chi connectivity index (χ0) is 8.27. The Morgan fingerprint density at radius 2 is 2.45 bits per heavy atom. The molecule has 1 aromatic heterocycles. The van der Waals surface area contributed by atoms with Crippen LogP contribution >= 0.6 is 11.6 Å². The molecular formula is C8H9ClN2. The number of pyridine rings is 1. The van der Waals surface area contributed by atoms with Crippen LogP contribution in [0, 0.1) is 0 Å². The Bertz CT molecular complexity index is 260. The van der Waals surface area contributed by atoms with E-state index in [0.717, 1.165) is 5.56 Å². The maximum Gasteiger partial charge on any atom is 0.134 e. The zero-order valence-electron chi connectivity index (χ0n) is 6.00. The fourth-order valence-electron chi connectivity index (χ4n) is 0.774. The van der Waals surface area contributed by atoms with Crippen LogP contribution in [-0.2, 0) is 0 Å². The third kappa shape index (κ3) is 1.79. The molecule has 58 valence electrons. The molecule has 1 rings (SSSR count). The molecular weight excluding hydrogens is 160 g/mol. The van der Waals surface area contributed by atoms with Crippen LogP contribution in [0.5, 0.6) is 0 Å². The van der Waals surface area contributed by atoms with Crippen LogP contribution in [0.1, 0.15) is 11.6 Å². The second-order valence-electron chi connectivity index (χ2n) is 2.14. The molecule has 0 aliphatic carbocycles. The average Bonchev–Trinajstić information content (AvgIpc) is 2.04. The Kier molecular flexibility index (Phi) is 2.63.